The molecular formula is C19H19N3O5. The Hall–Kier alpha value is -3.42. The number of anilines is 3. The van der Waals surface area contributed by atoms with E-state index in [1.165, 1.54) is 0 Å². The lowest BCUT2D eigenvalue weighted by Gasteiger charge is -2.11. The van der Waals surface area contributed by atoms with Crippen molar-refractivity contribution in [2.45, 2.75) is 12.8 Å². The molecule has 8 nitrogen and oxygen atoms in total. The molecule has 0 atom stereocenters. The highest BCUT2D eigenvalue weighted by molar-refractivity contribution is 5.96. The summed E-state index contributed by atoms with van der Waals surface area (Å²) in [5, 5.41) is 5.53. The van der Waals surface area contributed by atoms with E-state index in [2.05, 4.69) is 10.6 Å². The van der Waals surface area contributed by atoms with Gasteiger partial charge in [-0.05, 0) is 25.0 Å². The summed E-state index contributed by atoms with van der Waals surface area (Å²) in [5.41, 5.74) is 7.36. The molecule has 1 saturated carbocycles. The predicted octanol–water partition coefficient (Wildman–Crippen LogP) is 2.36. The summed E-state index contributed by atoms with van der Waals surface area (Å²) >= 11 is 0. The molecule has 0 spiro atoms. The van der Waals surface area contributed by atoms with Crippen molar-refractivity contribution in [2.75, 3.05) is 29.8 Å². The molecule has 140 valence electrons. The zero-order valence-electron chi connectivity index (χ0n) is 14.5. The number of ether oxygens (including phenoxy) is 3. The van der Waals surface area contributed by atoms with Gasteiger partial charge in [0.15, 0.2) is 18.1 Å². The molecule has 27 heavy (non-hydrogen) atoms. The molecule has 4 rings (SSSR count). The van der Waals surface area contributed by atoms with Crippen molar-refractivity contribution in [3.05, 3.63) is 36.4 Å². The van der Waals surface area contributed by atoms with Crippen LogP contribution in [0.1, 0.15) is 12.8 Å². The highest BCUT2D eigenvalue weighted by Crippen LogP contribution is 2.38. The number of hydrogen-bond acceptors (Lipinski definition) is 6. The van der Waals surface area contributed by atoms with Crippen LogP contribution in [-0.4, -0.2) is 25.2 Å². The fraction of sp³-hybridized carbons (Fsp3) is 0.263. The molecule has 2 aliphatic rings. The van der Waals surface area contributed by atoms with Gasteiger partial charge in [0, 0.05) is 29.8 Å². The van der Waals surface area contributed by atoms with Crippen molar-refractivity contribution in [3.8, 4) is 17.2 Å². The summed E-state index contributed by atoms with van der Waals surface area (Å²) in [6, 6.07) is 10.2. The van der Waals surface area contributed by atoms with E-state index in [4.69, 9.17) is 19.9 Å². The maximum absolute atomic E-state index is 12.2. The van der Waals surface area contributed by atoms with Gasteiger partial charge in [-0.3, -0.25) is 9.59 Å². The van der Waals surface area contributed by atoms with Crippen LogP contribution in [0.2, 0.25) is 0 Å². The molecule has 1 aliphatic heterocycles. The van der Waals surface area contributed by atoms with Crippen molar-refractivity contribution >= 4 is 28.9 Å². The van der Waals surface area contributed by atoms with Gasteiger partial charge >= 0.3 is 0 Å². The highest BCUT2D eigenvalue weighted by Gasteiger charge is 2.29. The first-order chi connectivity index (χ1) is 13.1. The van der Waals surface area contributed by atoms with E-state index in [1.54, 1.807) is 36.4 Å². The molecule has 0 saturated heterocycles. The lowest BCUT2D eigenvalue weighted by atomic mass is 10.2. The van der Waals surface area contributed by atoms with E-state index in [9.17, 15) is 9.59 Å². The van der Waals surface area contributed by atoms with Crippen LogP contribution in [0.4, 0.5) is 17.1 Å². The minimum absolute atomic E-state index is 0.0168. The van der Waals surface area contributed by atoms with Crippen molar-refractivity contribution in [3.63, 3.8) is 0 Å². The Kier molecular flexibility index (Phi) is 4.45. The first kappa shape index (κ1) is 17.0. The fourth-order valence-electron chi connectivity index (χ4n) is 2.65. The molecule has 0 unspecified atom stereocenters. The van der Waals surface area contributed by atoms with Crippen LogP contribution in [0.3, 0.4) is 0 Å². The molecule has 0 aromatic heterocycles. The van der Waals surface area contributed by atoms with Crippen LogP contribution in [0.25, 0.3) is 0 Å². The largest absolute Gasteiger partial charge is 0.484 e. The number of nitrogens with one attached hydrogen (secondary N) is 2. The topological polar surface area (TPSA) is 112 Å². The number of rotatable bonds is 6. The molecular weight excluding hydrogens is 350 g/mol. The number of fused-ring (bicyclic) bond motifs is 1. The standard InChI is InChI=1S/C19H19N3O5/c20-14-7-16-17(27-10-26-16)8-15(14)22-18(23)9-25-13-3-1-2-12(6-13)21-19(24)11-4-5-11/h1-3,6-8,11H,4-5,9-10,20H2,(H,21,24)(H,22,23). The first-order valence-electron chi connectivity index (χ1n) is 8.61. The third kappa shape index (κ3) is 4.05. The highest BCUT2D eigenvalue weighted by atomic mass is 16.7. The second kappa shape index (κ2) is 7.06. The Morgan fingerprint density at radius 1 is 1.11 bits per heavy atom. The molecule has 1 aliphatic carbocycles. The van der Waals surface area contributed by atoms with E-state index in [-0.39, 0.29) is 31.1 Å². The van der Waals surface area contributed by atoms with E-state index in [0.717, 1.165) is 12.8 Å². The average molecular weight is 369 g/mol. The molecule has 8 heteroatoms. The third-order valence-corrected chi connectivity index (χ3v) is 4.24. The number of benzene rings is 2. The molecule has 1 fully saturated rings. The van der Waals surface area contributed by atoms with Crippen molar-refractivity contribution in [1.82, 2.24) is 0 Å². The van der Waals surface area contributed by atoms with Gasteiger partial charge < -0.3 is 30.6 Å². The SMILES string of the molecule is Nc1cc2c(cc1NC(=O)COc1cccc(NC(=O)C3CC3)c1)OCO2. The van der Waals surface area contributed by atoms with Crippen LogP contribution in [0.5, 0.6) is 17.2 Å². The van der Waals surface area contributed by atoms with Gasteiger partial charge in [0.2, 0.25) is 12.7 Å². The zero-order valence-corrected chi connectivity index (χ0v) is 14.5. The van der Waals surface area contributed by atoms with Crippen LogP contribution >= 0.6 is 0 Å². The van der Waals surface area contributed by atoms with E-state index in [0.29, 0.717) is 34.3 Å². The number of nitrogen functional groups attached to an aromatic ring is 1. The number of amides is 2. The molecule has 2 amide bonds. The van der Waals surface area contributed by atoms with Gasteiger partial charge in [0.05, 0.1) is 11.4 Å². The predicted molar refractivity (Wildman–Crippen MR) is 98.9 cm³/mol. The lowest BCUT2D eigenvalue weighted by Crippen LogP contribution is -2.21. The minimum Gasteiger partial charge on any atom is -0.484 e. The summed E-state index contributed by atoms with van der Waals surface area (Å²) < 4.78 is 16.0. The maximum atomic E-state index is 12.2. The Balaban J connectivity index is 1.33. The van der Waals surface area contributed by atoms with Gasteiger partial charge in [-0.15, -0.1) is 0 Å². The summed E-state index contributed by atoms with van der Waals surface area (Å²) in [7, 11) is 0. The Labute approximate surface area is 155 Å². The summed E-state index contributed by atoms with van der Waals surface area (Å²) in [6.45, 7) is -0.0726. The first-order valence-corrected chi connectivity index (χ1v) is 8.61. The third-order valence-electron chi connectivity index (χ3n) is 4.24. The second-order valence-electron chi connectivity index (χ2n) is 6.42. The quantitative estimate of drug-likeness (QED) is 0.674. The number of carbonyl (C=O) groups is 2. The molecule has 0 bridgehead atoms. The summed E-state index contributed by atoms with van der Waals surface area (Å²) in [5.74, 6) is 1.33. The number of nitrogens with two attached hydrogens (primary N) is 1. The van der Waals surface area contributed by atoms with Gasteiger partial charge in [-0.2, -0.15) is 0 Å². The number of hydrogen-bond donors (Lipinski definition) is 3. The number of carbonyl (C=O) groups excluding carboxylic acids is 2. The van der Waals surface area contributed by atoms with Gasteiger partial charge in [-0.1, -0.05) is 6.07 Å². The summed E-state index contributed by atoms with van der Waals surface area (Å²) in [4.78, 5) is 24.0. The Morgan fingerprint density at radius 3 is 2.67 bits per heavy atom. The molecule has 2 aromatic rings. The second-order valence-corrected chi connectivity index (χ2v) is 6.42. The van der Waals surface area contributed by atoms with Crippen LogP contribution in [0.15, 0.2) is 36.4 Å². The molecule has 4 N–H and O–H groups in total. The Morgan fingerprint density at radius 2 is 1.89 bits per heavy atom. The van der Waals surface area contributed by atoms with E-state index < -0.39 is 0 Å². The molecule has 0 radical (unpaired) electrons. The monoisotopic (exact) mass is 369 g/mol. The smallest absolute Gasteiger partial charge is 0.262 e. The van der Waals surface area contributed by atoms with Crippen LogP contribution in [0, 0.1) is 5.92 Å². The van der Waals surface area contributed by atoms with Crippen molar-refractivity contribution in [1.29, 1.82) is 0 Å². The summed E-state index contributed by atoms with van der Waals surface area (Å²) in [6.07, 6.45) is 1.87. The average Bonchev–Trinajstić information content (AvgIpc) is 3.41. The van der Waals surface area contributed by atoms with Gasteiger partial charge in [-0.25, -0.2) is 0 Å². The Bertz CT molecular complexity index is 895. The van der Waals surface area contributed by atoms with E-state index >= 15 is 0 Å². The van der Waals surface area contributed by atoms with Crippen LogP contribution < -0.4 is 30.6 Å². The van der Waals surface area contributed by atoms with Crippen molar-refractivity contribution < 1.29 is 23.8 Å². The maximum Gasteiger partial charge on any atom is 0.262 e. The fourth-order valence-corrected chi connectivity index (χ4v) is 2.65. The van der Waals surface area contributed by atoms with Gasteiger partial charge in [0.25, 0.3) is 5.91 Å². The van der Waals surface area contributed by atoms with Crippen LogP contribution in [-0.2, 0) is 9.59 Å². The van der Waals surface area contributed by atoms with E-state index in [1.807, 2.05) is 0 Å². The van der Waals surface area contributed by atoms with Crippen molar-refractivity contribution in [2.24, 2.45) is 5.92 Å². The molecule has 1 heterocycles. The minimum atomic E-state index is -0.368. The zero-order chi connectivity index (χ0) is 18.8. The lowest BCUT2D eigenvalue weighted by molar-refractivity contribution is -0.118. The van der Waals surface area contributed by atoms with Gasteiger partial charge in [0.1, 0.15) is 5.75 Å². The normalized spacial score (nSPS) is 14.5. The molecule has 2 aromatic carbocycles.